The Morgan fingerprint density at radius 2 is 2.08 bits per heavy atom. The Kier molecular flexibility index (Phi) is 5.03. The molecule has 1 atom stereocenters. The minimum absolute atomic E-state index is 0.0276. The number of nitrogens with zero attached hydrogens (tertiary/aromatic N) is 4. The van der Waals surface area contributed by atoms with E-state index in [9.17, 15) is 4.79 Å². The largest absolute Gasteiger partial charge is 0.355 e. The fraction of sp³-hybridized carbons (Fsp3) is 0.444. The second-order valence-corrected chi connectivity index (χ2v) is 6.37. The Balaban J connectivity index is 1.57. The van der Waals surface area contributed by atoms with Gasteiger partial charge in [-0.05, 0) is 44.7 Å². The van der Waals surface area contributed by atoms with Crippen LogP contribution in [0, 0.1) is 19.8 Å². The van der Waals surface area contributed by atoms with E-state index in [0.717, 1.165) is 43.1 Å². The zero-order valence-electron chi connectivity index (χ0n) is 14.2. The highest BCUT2D eigenvalue weighted by molar-refractivity contribution is 5.94. The second-order valence-electron chi connectivity index (χ2n) is 6.37. The highest BCUT2D eigenvalue weighted by atomic mass is 16.1. The van der Waals surface area contributed by atoms with Crippen molar-refractivity contribution in [3.05, 3.63) is 47.7 Å². The second kappa shape index (κ2) is 7.38. The van der Waals surface area contributed by atoms with Crippen LogP contribution in [0.4, 0.5) is 5.82 Å². The van der Waals surface area contributed by atoms with Crippen molar-refractivity contribution in [3.63, 3.8) is 0 Å². The summed E-state index contributed by atoms with van der Waals surface area (Å²) in [6, 6.07) is 3.66. The van der Waals surface area contributed by atoms with Crippen LogP contribution >= 0.6 is 0 Å². The topological polar surface area (TPSA) is 71.0 Å². The van der Waals surface area contributed by atoms with Gasteiger partial charge in [0.15, 0.2) is 0 Å². The van der Waals surface area contributed by atoms with Gasteiger partial charge in [-0.2, -0.15) is 0 Å². The van der Waals surface area contributed by atoms with Crippen molar-refractivity contribution >= 4 is 11.7 Å². The zero-order chi connectivity index (χ0) is 16.9. The van der Waals surface area contributed by atoms with Gasteiger partial charge in [0.1, 0.15) is 5.82 Å². The van der Waals surface area contributed by atoms with E-state index in [1.807, 2.05) is 26.0 Å². The average molecular weight is 325 g/mol. The van der Waals surface area contributed by atoms with Crippen LogP contribution in [0.3, 0.4) is 0 Å². The van der Waals surface area contributed by atoms with Crippen LogP contribution in [0.1, 0.15) is 34.6 Å². The number of nitrogens with one attached hydrogen (secondary N) is 1. The molecule has 1 unspecified atom stereocenters. The molecule has 1 saturated heterocycles. The molecule has 2 aromatic heterocycles. The van der Waals surface area contributed by atoms with E-state index in [2.05, 4.69) is 25.2 Å². The van der Waals surface area contributed by atoms with Gasteiger partial charge in [-0.15, -0.1) is 0 Å². The number of aryl methyl sites for hydroxylation is 2. The van der Waals surface area contributed by atoms with Gasteiger partial charge < -0.3 is 10.2 Å². The molecule has 6 nitrogen and oxygen atoms in total. The molecule has 24 heavy (non-hydrogen) atoms. The number of hydrogen-bond acceptors (Lipinski definition) is 5. The van der Waals surface area contributed by atoms with Gasteiger partial charge in [-0.3, -0.25) is 14.8 Å². The number of carbonyl (C=O) groups excluding carboxylic acids is 1. The Bertz CT molecular complexity index is 684. The molecular weight excluding hydrogens is 302 g/mol. The molecule has 3 heterocycles. The standard InChI is InChI=1S/C18H23N5O/c1-13-8-16(9-14(2)22-13)18(24)21-10-15-4-3-7-23(12-15)17-11-19-5-6-20-17/h5-6,8-9,11,15H,3-4,7,10,12H2,1-2H3,(H,21,24). The third-order valence-corrected chi connectivity index (χ3v) is 4.29. The summed E-state index contributed by atoms with van der Waals surface area (Å²) in [4.78, 5) is 27.4. The summed E-state index contributed by atoms with van der Waals surface area (Å²) in [5.41, 5.74) is 2.42. The van der Waals surface area contributed by atoms with Crippen LogP contribution in [0.15, 0.2) is 30.7 Å². The Labute approximate surface area is 142 Å². The van der Waals surface area contributed by atoms with E-state index < -0.39 is 0 Å². The molecule has 1 aliphatic heterocycles. The fourth-order valence-corrected chi connectivity index (χ4v) is 3.20. The lowest BCUT2D eigenvalue weighted by Gasteiger charge is -2.33. The fourth-order valence-electron chi connectivity index (χ4n) is 3.20. The van der Waals surface area contributed by atoms with Crippen molar-refractivity contribution in [1.29, 1.82) is 0 Å². The van der Waals surface area contributed by atoms with Gasteiger partial charge in [0.2, 0.25) is 0 Å². The normalized spacial score (nSPS) is 17.6. The summed E-state index contributed by atoms with van der Waals surface area (Å²) in [5, 5.41) is 3.07. The van der Waals surface area contributed by atoms with Crippen molar-refractivity contribution < 1.29 is 4.79 Å². The third-order valence-electron chi connectivity index (χ3n) is 4.29. The maximum atomic E-state index is 12.4. The quantitative estimate of drug-likeness (QED) is 0.932. The molecular formula is C18H23N5O. The predicted octanol–water partition coefficient (Wildman–Crippen LogP) is 2.13. The number of aromatic nitrogens is 3. The molecule has 1 aliphatic rings. The van der Waals surface area contributed by atoms with Gasteiger partial charge in [0.25, 0.3) is 5.91 Å². The monoisotopic (exact) mass is 325 g/mol. The first-order valence-corrected chi connectivity index (χ1v) is 8.36. The number of piperidine rings is 1. The molecule has 126 valence electrons. The van der Waals surface area contributed by atoms with Crippen molar-refractivity contribution in [2.45, 2.75) is 26.7 Å². The lowest BCUT2D eigenvalue weighted by molar-refractivity contribution is 0.0945. The Hall–Kier alpha value is -2.50. The van der Waals surface area contributed by atoms with Crippen LogP contribution in [0.2, 0.25) is 0 Å². The maximum absolute atomic E-state index is 12.4. The van der Waals surface area contributed by atoms with E-state index in [1.54, 1.807) is 18.6 Å². The van der Waals surface area contributed by atoms with Crippen molar-refractivity contribution in [1.82, 2.24) is 20.3 Å². The molecule has 1 amide bonds. The predicted molar refractivity (Wildman–Crippen MR) is 93.0 cm³/mol. The molecule has 1 fully saturated rings. The van der Waals surface area contributed by atoms with Gasteiger partial charge in [-0.25, -0.2) is 4.98 Å². The van der Waals surface area contributed by atoms with Crippen molar-refractivity contribution in [2.24, 2.45) is 5.92 Å². The first-order valence-electron chi connectivity index (χ1n) is 8.36. The molecule has 0 aliphatic carbocycles. The van der Waals surface area contributed by atoms with E-state index in [4.69, 9.17) is 0 Å². The number of rotatable bonds is 4. The van der Waals surface area contributed by atoms with Gasteiger partial charge in [0.05, 0.1) is 6.20 Å². The van der Waals surface area contributed by atoms with Crippen LogP contribution in [0.25, 0.3) is 0 Å². The summed E-state index contributed by atoms with van der Waals surface area (Å²) < 4.78 is 0. The van der Waals surface area contributed by atoms with Gasteiger partial charge >= 0.3 is 0 Å². The minimum Gasteiger partial charge on any atom is -0.355 e. The smallest absolute Gasteiger partial charge is 0.251 e. The van der Waals surface area contributed by atoms with E-state index >= 15 is 0 Å². The first-order chi connectivity index (χ1) is 11.6. The number of amides is 1. The molecule has 6 heteroatoms. The van der Waals surface area contributed by atoms with E-state index in [0.29, 0.717) is 18.0 Å². The summed E-state index contributed by atoms with van der Waals surface area (Å²) in [6.07, 6.45) is 7.41. The zero-order valence-corrected chi connectivity index (χ0v) is 14.2. The summed E-state index contributed by atoms with van der Waals surface area (Å²) in [7, 11) is 0. The Morgan fingerprint density at radius 3 is 2.79 bits per heavy atom. The molecule has 3 rings (SSSR count). The number of carbonyl (C=O) groups is 1. The van der Waals surface area contributed by atoms with E-state index in [-0.39, 0.29) is 5.91 Å². The first kappa shape index (κ1) is 16.4. The Morgan fingerprint density at radius 1 is 1.29 bits per heavy atom. The van der Waals surface area contributed by atoms with Gasteiger partial charge in [0, 0.05) is 49.0 Å². The van der Waals surface area contributed by atoms with Crippen LogP contribution < -0.4 is 10.2 Å². The molecule has 0 aromatic carbocycles. The number of anilines is 1. The summed E-state index contributed by atoms with van der Waals surface area (Å²) in [5.74, 6) is 1.31. The van der Waals surface area contributed by atoms with Crippen molar-refractivity contribution in [2.75, 3.05) is 24.5 Å². The number of hydrogen-bond donors (Lipinski definition) is 1. The van der Waals surface area contributed by atoms with Crippen molar-refractivity contribution in [3.8, 4) is 0 Å². The highest BCUT2D eigenvalue weighted by Crippen LogP contribution is 2.20. The average Bonchev–Trinajstić information content (AvgIpc) is 2.60. The molecule has 0 bridgehead atoms. The maximum Gasteiger partial charge on any atom is 0.251 e. The van der Waals surface area contributed by atoms with Gasteiger partial charge in [-0.1, -0.05) is 0 Å². The van der Waals surface area contributed by atoms with Crippen LogP contribution in [0.5, 0.6) is 0 Å². The molecule has 2 aromatic rings. The van der Waals surface area contributed by atoms with Crippen LogP contribution in [-0.4, -0.2) is 40.5 Å². The molecule has 0 spiro atoms. The lowest BCUT2D eigenvalue weighted by atomic mass is 9.98. The molecule has 1 N–H and O–H groups in total. The van der Waals surface area contributed by atoms with E-state index in [1.165, 1.54) is 0 Å². The molecule has 0 saturated carbocycles. The summed E-state index contributed by atoms with van der Waals surface area (Å²) in [6.45, 7) is 6.38. The SMILES string of the molecule is Cc1cc(C(=O)NCC2CCCN(c3cnccn3)C2)cc(C)n1. The highest BCUT2D eigenvalue weighted by Gasteiger charge is 2.21. The lowest BCUT2D eigenvalue weighted by Crippen LogP contribution is -2.41. The molecule has 0 radical (unpaired) electrons. The minimum atomic E-state index is -0.0276. The summed E-state index contributed by atoms with van der Waals surface area (Å²) >= 11 is 0. The number of pyridine rings is 1. The third kappa shape index (κ3) is 4.07. The van der Waals surface area contributed by atoms with Crippen LogP contribution in [-0.2, 0) is 0 Å².